The first kappa shape index (κ1) is 24.5. The van der Waals surface area contributed by atoms with E-state index in [1.807, 2.05) is 102 Å². The Morgan fingerprint density at radius 3 is 2.24 bits per heavy atom. The van der Waals surface area contributed by atoms with Crippen LogP contribution >= 0.6 is 23.4 Å². The van der Waals surface area contributed by atoms with Crippen molar-refractivity contribution in [3.63, 3.8) is 0 Å². The van der Waals surface area contributed by atoms with Gasteiger partial charge >= 0.3 is 0 Å². The van der Waals surface area contributed by atoms with Crippen LogP contribution < -0.4 is 5.43 Å². The highest BCUT2D eigenvalue weighted by Crippen LogP contribution is 2.28. The number of aromatic nitrogens is 5. The Morgan fingerprint density at radius 1 is 0.946 bits per heavy atom. The number of para-hydroxylation sites is 2. The smallest absolute Gasteiger partial charge is 0.250 e. The zero-order valence-electron chi connectivity index (χ0n) is 19.8. The van der Waals surface area contributed by atoms with Gasteiger partial charge in [0.05, 0.1) is 28.9 Å². The molecular weight excluding hydrogens is 506 g/mol. The predicted molar refractivity (Wildman–Crippen MR) is 147 cm³/mol. The molecule has 2 aromatic heterocycles. The van der Waals surface area contributed by atoms with Crippen LogP contribution in [0, 0.1) is 6.92 Å². The number of carbonyl (C=O) groups is 1. The molecule has 5 aromatic rings. The molecular formula is C27H22ClN7OS. The van der Waals surface area contributed by atoms with Crippen molar-refractivity contribution in [3.8, 4) is 22.8 Å². The summed E-state index contributed by atoms with van der Waals surface area (Å²) in [6.45, 7) is 1.84. The van der Waals surface area contributed by atoms with Crippen LogP contribution in [0.5, 0.6) is 0 Å². The number of benzene rings is 3. The van der Waals surface area contributed by atoms with Crippen molar-refractivity contribution in [2.45, 2.75) is 12.1 Å². The molecule has 0 unspecified atom stereocenters. The monoisotopic (exact) mass is 527 g/mol. The molecule has 0 atom stereocenters. The van der Waals surface area contributed by atoms with E-state index in [4.69, 9.17) is 11.6 Å². The fourth-order valence-electron chi connectivity index (χ4n) is 3.68. The molecule has 184 valence electrons. The predicted octanol–water partition coefficient (Wildman–Crippen LogP) is 5.32. The van der Waals surface area contributed by atoms with Crippen LogP contribution in [0.3, 0.4) is 0 Å². The minimum atomic E-state index is -0.283. The summed E-state index contributed by atoms with van der Waals surface area (Å²) in [6, 6.07) is 29.2. The number of nitrogens with one attached hydrogen (secondary N) is 1. The lowest BCUT2D eigenvalue weighted by molar-refractivity contribution is -0.118. The third kappa shape index (κ3) is 5.47. The highest BCUT2D eigenvalue weighted by atomic mass is 35.5. The Bertz CT molecular complexity index is 1530. The summed E-state index contributed by atoms with van der Waals surface area (Å²) in [4.78, 5) is 12.6. The van der Waals surface area contributed by atoms with E-state index < -0.39 is 0 Å². The SMILES string of the molecule is Cc1nn(-c2ccccc2)c(Cl)c1/C=N\NC(=O)CSc1nnc(-c2ccccc2)n1-c1ccccc1. The molecule has 37 heavy (non-hydrogen) atoms. The van der Waals surface area contributed by atoms with E-state index >= 15 is 0 Å². The lowest BCUT2D eigenvalue weighted by Gasteiger charge is -2.10. The number of thioether (sulfide) groups is 1. The van der Waals surface area contributed by atoms with Crippen LogP contribution in [0.2, 0.25) is 5.15 Å². The van der Waals surface area contributed by atoms with Gasteiger partial charge in [-0.25, -0.2) is 10.1 Å². The maximum Gasteiger partial charge on any atom is 0.250 e. The summed E-state index contributed by atoms with van der Waals surface area (Å²) in [5.74, 6) is 0.523. The fraction of sp³-hybridized carbons (Fsp3) is 0.0741. The van der Waals surface area contributed by atoms with Crippen molar-refractivity contribution in [2.75, 3.05) is 5.75 Å². The molecule has 0 fully saturated rings. The molecule has 1 N–H and O–H groups in total. The molecule has 2 heterocycles. The Hall–Kier alpha value is -4.21. The zero-order valence-corrected chi connectivity index (χ0v) is 21.4. The summed E-state index contributed by atoms with van der Waals surface area (Å²) >= 11 is 7.80. The summed E-state index contributed by atoms with van der Waals surface area (Å²) in [6.07, 6.45) is 1.51. The number of carbonyl (C=O) groups excluding carboxylic acids is 1. The minimum Gasteiger partial charge on any atom is -0.272 e. The van der Waals surface area contributed by atoms with Crippen molar-refractivity contribution in [1.82, 2.24) is 30.0 Å². The van der Waals surface area contributed by atoms with E-state index in [1.54, 1.807) is 4.68 Å². The van der Waals surface area contributed by atoms with Crippen molar-refractivity contribution in [3.05, 3.63) is 107 Å². The number of nitrogens with zero attached hydrogens (tertiary/aromatic N) is 6. The third-order valence-corrected chi connectivity index (χ3v) is 6.74. The number of hydrogen-bond acceptors (Lipinski definition) is 6. The Morgan fingerprint density at radius 2 is 1.57 bits per heavy atom. The molecule has 0 aliphatic rings. The first-order valence-corrected chi connectivity index (χ1v) is 12.8. The number of rotatable bonds is 8. The van der Waals surface area contributed by atoms with Crippen molar-refractivity contribution >= 4 is 35.5 Å². The molecule has 8 nitrogen and oxygen atoms in total. The molecule has 0 saturated carbocycles. The molecule has 0 bridgehead atoms. The van der Waals surface area contributed by atoms with Crippen molar-refractivity contribution < 1.29 is 4.79 Å². The van der Waals surface area contributed by atoms with Gasteiger partial charge in [0.25, 0.3) is 5.91 Å². The van der Waals surface area contributed by atoms with Crippen molar-refractivity contribution in [1.29, 1.82) is 0 Å². The van der Waals surface area contributed by atoms with E-state index in [0.29, 0.717) is 27.4 Å². The van der Waals surface area contributed by atoms with Gasteiger partial charge in [-0.3, -0.25) is 9.36 Å². The summed E-state index contributed by atoms with van der Waals surface area (Å²) in [5.41, 5.74) is 6.58. The van der Waals surface area contributed by atoms with Gasteiger partial charge < -0.3 is 0 Å². The molecule has 0 radical (unpaired) electrons. The van der Waals surface area contributed by atoms with Gasteiger partial charge in [0.1, 0.15) is 5.15 Å². The molecule has 1 amide bonds. The van der Waals surface area contributed by atoms with E-state index in [2.05, 4.69) is 25.8 Å². The van der Waals surface area contributed by atoms with Gasteiger partial charge in [-0.05, 0) is 31.2 Å². The lowest BCUT2D eigenvalue weighted by atomic mass is 10.2. The van der Waals surface area contributed by atoms with Crippen LogP contribution in [0.15, 0.2) is 101 Å². The first-order valence-electron chi connectivity index (χ1n) is 11.4. The first-order chi connectivity index (χ1) is 18.1. The van der Waals surface area contributed by atoms with Crippen LogP contribution in [0.4, 0.5) is 0 Å². The van der Waals surface area contributed by atoms with Crippen LogP contribution in [0.1, 0.15) is 11.3 Å². The summed E-state index contributed by atoms with van der Waals surface area (Å²) in [7, 11) is 0. The molecule has 0 spiro atoms. The van der Waals surface area contributed by atoms with Gasteiger partial charge in [-0.15, -0.1) is 10.2 Å². The van der Waals surface area contributed by atoms with E-state index in [1.165, 1.54) is 18.0 Å². The second-order valence-corrected chi connectivity index (χ2v) is 9.26. The van der Waals surface area contributed by atoms with E-state index in [0.717, 1.165) is 16.9 Å². The zero-order chi connectivity index (χ0) is 25.6. The molecule has 0 saturated heterocycles. The normalized spacial score (nSPS) is 11.2. The summed E-state index contributed by atoms with van der Waals surface area (Å²) < 4.78 is 3.58. The molecule has 0 aliphatic carbocycles. The Balaban J connectivity index is 1.28. The number of amides is 1. The minimum absolute atomic E-state index is 0.104. The highest BCUT2D eigenvalue weighted by molar-refractivity contribution is 7.99. The Labute approximate surface area is 223 Å². The second kappa shape index (κ2) is 11.2. The molecule has 5 rings (SSSR count). The number of halogens is 1. The fourth-order valence-corrected chi connectivity index (χ4v) is 4.74. The lowest BCUT2D eigenvalue weighted by Crippen LogP contribution is -2.20. The van der Waals surface area contributed by atoms with Crippen LogP contribution in [0.25, 0.3) is 22.8 Å². The van der Waals surface area contributed by atoms with Crippen molar-refractivity contribution in [2.24, 2.45) is 5.10 Å². The summed E-state index contributed by atoms with van der Waals surface area (Å²) in [5, 5.41) is 18.3. The number of hydrogen-bond donors (Lipinski definition) is 1. The van der Waals surface area contributed by atoms with Gasteiger partial charge in [0, 0.05) is 11.3 Å². The van der Waals surface area contributed by atoms with Crippen LogP contribution in [-0.4, -0.2) is 42.4 Å². The third-order valence-electron chi connectivity index (χ3n) is 5.44. The van der Waals surface area contributed by atoms with E-state index in [9.17, 15) is 4.79 Å². The number of aryl methyl sites for hydroxylation is 1. The highest BCUT2D eigenvalue weighted by Gasteiger charge is 2.17. The van der Waals surface area contributed by atoms with E-state index in [-0.39, 0.29) is 11.7 Å². The second-order valence-electron chi connectivity index (χ2n) is 7.96. The topological polar surface area (TPSA) is 90.0 Å². The standard InChI is InChI=1S/C27H22ClN7OS/c1-19-23(25(28)35(33-19)22-15-9-4-10-16-22)17-29-30-24(36)18-37-27-32-31-26(20-11-5-2-6-12-20)34(27)21-13-7-3-8-14-21/h2-17H,18H2,1H3,(H,30,36)/b29-17-. The average Bonchev–Trinajstić information content (AvgIpc) is 3.49. The molecule has 10 heteroatoms. The van der Waals surface area contributed by atoms with Gasteiger partial charge in [-0.1, -0.05) is 90.1 Å². The molecule has 0 aliphatic heterocycles. The van der Waals surface area contributed by atoms with Gasteiger partial charge in [0.15, 0.2) is 11.0 Å². The Kier molecular flexibility index (Phi) is 7.43. The van der Waals surface area contributed by atoms with Gasteiger partial charge in [0.2, 0.25) is 0 Å². The van der Waals surface area contributed by atoms with Crippen LogP contribution in [-0.2, 0) is 4.79 Å². The maximum atomic E-state index is 12.6. The molecule has 3 aromatic carbocycles. The largest absolute Gasteiger partial charge is 0.272 e. The quantitative estimate of drug-likeness (QED) is 0.167. The maximum absolute atomic E-state index is 12.6. The van der Waals surface area contributed by atoms with Gasteiger partial charge in [-0.2, -0.15) is 10.2 Å². The number of hydrazone groups is 1. The average molecular weight is 528 g/mol.